The molecule has 0 radical (unpaired) electrons. The number of carbonyl (C=O) groups is 2. The molecule has 2 aromatic rings. The van der Waals surface area contributed by atoms with Gasteiger partial charge in [-0.1, -0.05) is 45.0 Å². The number of carbonyl (C=O) groups excluding carboxylic acids is 2. The van der Waals surface area contributed by atoms with Crippen molar-refractivity contribution in [2.75, 3.05) is 0 Å². The van der Waals surface area contributed by atoms with Crippen LogP contribution in [0.25, 0.3) is 10.6 Å². The molecule has 0 aliphatic heterocycles. The summed E-state index contributed by atoms with van der Waals surface area (Å²) in [5.41, 5.74) is 1.62. The van der Waals surface area contributed by atoms with E-state index in [4.69, 9.17) is 14.5 Å². The predicted molar refractivity (Wildman–Crippen MR) is 136 cm³/mol. The van der Waals surface area contributed by atoms with Gasteiger partial charge in [0.2, 0.25) is 5.96 Å². The van der Waals surface area contributed by atoms with E-state index in [1.165, 1.54) is 0 Å². The molecule has 186 valence electrons. The second-order valence-electron chi connectivity index (χ2n) is 10.9. The first-order valence-corrected chi connectivity index (χ1v) is 12.0. The van der Waals surface area contributed by atoms with Gasteiger partial charge >= 0.3 is 12.2 Å². The fraction of sp³-hybridized carbons (Fsp3) is 0.520. The van der Waals surface area contributed by atoms with Gasteiger partial charge in [-0.15, -0.1) is 16.3 Å². The van der Waals surface area contributed by atoms with Gasteiger partial charge in [0.15, 0.2) is 0 Å². The van der Waals surface area contributed by atoms with Crippen molar-refractivity contribution in [3.8, 4) is 10.6 Å². The van der Waals surface area contributed by atoms with Crippen LogP contribution < -0.4 is 10.6 Å². The second kappa shape index (κ2) is 10.5. The standard InChI is InChI=1S/C25H36N4O4S/c1-23(2,3)18-15-34-19(27-18)17-12-10-16(11-13-17)14-26-20(28-21(30)32-24(4,5)6)29-22(31)33-25(7,8)9/h10-13,15H,14H2,1-9H3,(H2,26,28,29,30,31). The largest absolute Gasteiger partial charge is 0.444 e. The molecule has 0 bridgehead atoms. The smallest absolute Gasteiger partial charge is 0.437 e. The van der Waals surface area contributed by atoms with E-state index in [9.17, 15) is 9.59 Å². The van der Waals surface area contributed by atoms with Gasteiger partial charge < -0.3 is 14.8 Å². The molecule has 0 atom stereocenters. The molecule has 1 aromatic heterocycles. The molecule has 2 N–H and O–H groups in total. The lowest BCUT2D eigenvalue weighted by molar-refractivity contribution is 0.0560. The number of thiazole rings is 1. The minimum atomic E-state index is -0.820. The first-order valence-electron chi connectivity index (χ1n) is 11.1. The summed E-state index contributed by atoms with van der Waals surface area (Å²) in [6, 6.07) is 7.90. The van der Waals surface area contributed by atoms with Crippen LogP contribution in [0.1, 0.15) is 73.6 Å². The van der Waals surface area contributed by atoms with E-state index in [0.29, 0.717) is 6.54 Å². The molecular formula is C25H36N4O4S. The van der Waals surface area contributed by atoms with E-state index >= 15 is 0 Å². The Balaban J connectivity index is 2.11. The second-order valence-corrected chi connectivity index (χ2v) is 11.8. The van der Waals surface area contributed by atoms with Crippen molar-refractivity contribution in [2.24, 2.45) is 4.99 Å². The summed E-state index contributed by atoms with van der Waals surface area (Å²) in [5.74, 6) is -0.0534. The van der Waals surface area contributed by atoms with Gasteiger partial charge in [-0.05, 0) is 47.1 Å². The first kappa shape index (κ1) is 27.3. The van der Waals surface area contributed by atoms with Crippen molar-refractivity contribution < 1.29 is 19.1 Å². The molecule has 0 saturated heterocycles. The molecule has 1 aromatic carbocycles. The fourth-order valence-electron chi connectivity index (χ4n) is 2.59. The van der Waals surface area contributed by atoms with Gasteiger partial charge in [-0.3, -0.25) is 5.32 Å². The molecule has 0 aliphatic carbocycles. The van der Waals surface area contributed by atoms with Crippen LogP contribution in [0, 0.1) is 0 Å². The number of hydrogen-bond donors (Lipinski definition) is 2. The highest BCUT2D eigenvalue weighted by molar-refractivity contribution is 7.13. The van der Waals surface area contributed by atoms with Gasteiger partial charge in [-0.25, -0.2) is 14.6 Å². The van der Waals surface area contributed by atoms with Gasteiger partial charge in [0, 0.05) is 22.9 Å². The maximum Gasteiger partial charge on any atom is 0.437 e. The summed E-state index contributed by atoms with van der Waals surface area (Å²) in [5, 5.41) is 8.51. The predicted octanol–water partition coefficient (Wildman–Crippen LogP) is 6.01. The Morgan fingerprint density at radius 3 is 2.03 bits per heavy atom. The number of alkyl carbamates (subject to hydrolysis) is 1. The van der Waals surface area contributed by atoms with Crippen LogP contribution in [0.5, 0.6) is 0 Å². The molecule has 1 heterocycles. The summed E-state index contributed by atoms with van der Waals surface area (Å²) < 4.78 is 10.5. The lowest BCUT2D eigenvalue weighted by atomic mass is 9.93. The van der Waals surface area contributed by atoms with Crippen molar-refractivity contribution in [1.82, 2.24) is 15.6 Å². The highest BCUT2D eigenvalue weighted by Crippen LogP contribution is 2.29. The normalized spacial score (nSPS) is 12.8. The van der Waals surface area contributed by atoms with Crippen molar-refractivity contribution in [2.45, 2.75) is 85.5 Å². The summed E-state index contributed by atoms with van der Waals surface area (Å²) >= 11 is 1.62. The van der Waals surface area contributed by atoms with Crippen molar-refractivity contribution in [3.63, 3.8) is 0 Å². The van der Waals surface area contributed by atoms with E-state index in [0.717, 1.165) is 21.8 Å². The van der Waals surface area contributed by atoms with E-state index in [2.05, 4.69) is 41.8 Å². The molecule has 8 nitrogen and oxygen atoms in total. The number of amides is 2. The monoisotopic (exact) mass is 488 g/mol. The zero-order valence-corrected chi connectivity index (χ0v) is 22.3. The average molecular weight is 489 g/mol. The van der Waals surface area contributed by atoms with Gasteiger partial charge in [0.05, 0.1) is 5.69 Å². The number of aliphatic imine (C=N–C) groups is 1. The Morgan fingerprint density at radius 1 is 0.941 bits per heavy atom. The fourth-order valence-corrected chi connectivity index (χ4v) is 3.64. The van der Waals surface area contributed by atoms with Crippen LogP contribution in [0.3, 0.4) is 0 Å². The lowest BCUT2D eigenvalue weighted by Gasteiger charge is -2.21. The summed E-state index contributed by atoms with van der Waals surface area (Å²) in [4.78, 5) is 33.0. The highest BCUT2D eigenvalue weighted by Gasteiger charge is 2.21. The third-order valence-electron chi connectivity index (χ3n) is 4.15. The van der Waals surface area contributed by atoms with Crippen molar-refractivity contribution >= 4 is 29.5 Å². The Kier molecular flexibility index (Phi) is 8.47. The molecule has 0 saturated carbocycles. The number of guanidine groups is 1. The number of benzene rings is 1. The van der Waals surface area contributed by atoms with E-state index in [1.54, 1.807) is 52.9 Å². The first-order chi connectivity index (χ1) is 15.5. The zero-order chi connectivity index (χ0) is 25.7. The zero-order valence-electron chi connectivity index (χ0n) is 21.5. The third-order valence-corrected chi connectivity index (χ3v) is 5.04. The summed E-state index contributed by atoms with van der Waals surface area (Å²) in [6.45, 7) is 17.2. The summed E-state index contributed by atoms with van der Waals surface area (Å²) in [7, 11) is 0. The number of ether oxygens (including phenoxy) is 2. The quantitative estimate of drug-likeness (QED) is 0.405. The molecule has 0 aliphatic rings. The van der Waals surface area contributed by atoms with Crippen LogP contribution in [-0.2, 0) is 21.4 Å². The van der Waals surface area contributed by atoms with Gasteiger partial charge in [-0.2, -0.15) is 0 Å². The molecular weight excluding hydrogens is 452 g/mol. The van der Waals surface area contributed by atoms with Crippen molar-refractivity contribution in [1.29, 1.82) is 0 Å². The minimum absolute atomic E-state index is 0.00359. The van der Waals surface area contributed by atoms with Gasteiger partial charge in [0.25, 0.3) is 0 Å². The number of aromatic nitrogens is 1. The molecule has 34 heavy (non-hydrogen) atoms. The van der Waals surface area contributed by atoms with Crippen LogP contribution in [-0.4, -0.2) is 34.3 Å². The highest BCUT2D eigenvalue weighted by atomic mass is 32.1. The summed E-state index contributed by atoms with van der Waals surface area (Å²) in [6.07, 6.45) is -1.55. The van der Waals surface area contributed by atoms with Gasteiger partial charge in [0.1, 0.15) is 16.2 Å². The number of nitrogens with one attached hydrogen (secondary N) is 2. The molecule has 9 heteroatoms. The number of hydrogen-bond acceptors (Lipinski definition) is 6. The molecule has 0 unspecified atom stereocenters. The van der Waals surface area contributed by atoms with E-state index in [1.807, 2.05) is 24.3 Å². The van der Waals surface area contributed by atoms with Crippen LogP contribution in [0.15, 0.2) is 34.6 Å². The molecule has 0 fully saturated rings. The van der Waals surface area contributed by atoms with Crippen LogP contribution in [0.4, 0.5) is 9.59 Å². The van der Waals surface area contributed by atoms with E-state index in [-0.39, 0.29) is 11.4 Å². The number of nitrogens with zero attached hydrogens (tertiary/aromatic N) is 2. The molecule has 0 spiro atoms. The van der Waals surface area contributed by atoms with Crippen LogP contribution in [0.2, 0.25) is 0 Å². The SMILES string of the molecule is CC(C)(C)OC(=O)/N=C(/NCc1ccc(-c2nc(C(C)(C)C)cs2)cc1)NC(=O)OC(C)(C)C. The lowest BCUT2D eigenvalue weighted by Crippen LogP contribution is -2.44. The maximum absolute atomic E-state index is 12.2. The Labute approximate surface area is 206 Å². The maximum atomic E-state index is 12.2. The van der Waals surface area contributed by atoms with E-state index < -0.39 is 23.4 Å². The third kappa shape index (κ3) is 9.51. The molecule has 2 rings (SSSR count). The topological polar surface area (TPSA) is 102 Å². The van der Waals surface area contributed by atoms with Crippen molar-refractivity contribution in [3.05, 3.63) is 40.9 Å². The average Bonchev–Trinajstić information content (AvgIpc) is 3.14. The Hall–Kier alpha value is -2.94. The Morgan fingerprint density at radius 2 is 1.53 bits per heavy atom. The Bertz CT molecular complexity index is 1020. The van der Waals surface area contributed by atoms with Crippen LogP contribution >= 0.6 is 11.3 Å². The minimum Gasteiger partial charge on any atom is -0.444 e. The molecule has 2 amide bonds. The number of rotatable bonds is 3.